The molecule has 1 amide bonds. The van der Waals surface area contributed by atoms with Crippen molar-refractivity contribution in [1.29, 1.82) is 0 Å². The van der Waals surface area contributed by atoms with Gasteiger partial charge in [-0.05, 0) is 66.8 Å². The minimum absolute atomic E-state index is 0.0218. The third kappa shape index (κ3) is 10.6. The van der Waals surface area contributed by atoms with Gasteiger partial charge in [0, 0.05) is 19.0 Å². The topological polar surface area (TPSA) is 96.3 Å². The molecule has 0 saturated heterocycles. The van der Waals surface area contributed by atoms with Crippen molar-refractivity contribution in [2.75, 3.05) is 20.3 Å². The summed E-state index contributed by atoms with van der Waals surface area (Å²) in [4.78, 5) is 33.0. The van der Waals surface area contributed by atoms with Crippen molar-refractivity contribution >= 4 is 13.7 Å². The van der Waals surface area contributed by atoms with E-state index in [0.717, 1.165) is 37.0 Å². The fourth-order valence-electron chi connectivity index (χ4n) is 4.75. The molecule has 1 aliphatic carbocycles. The quantitative estimate of drug-likeness (QED) is 0.194. The number of phosphoric acid groups is 1. The van der Waals surface area contributed by atoms with Crippen LogP contribution >= 0.6 is 7.82 Å². The second-order valence-electron chi connectivity index (χ2n) is 10.1. The van der Waals surface area contributed by atoms with E-state index in [0.29, 0.717) is 12.5 Å². The van der Waals surface area contributed by atoms with Crippen molar-refractivity contribution in [1.82, 2.24) is 4.90 Å². The molecule has 0 unspecified atom stereocenters. The number of methoxy groups -OCH3 is 1. The Balaban J connectivity index is 1.48. The minimum atomic E-state index is -4.58. The number of amides is 1. The highest BCUT2D eigenvalue weighted by atomic mass is 31.2. The predicted octanol–water partition coefficient (Wildman–Crippen LogP) is 5.91. The van der Waals surface area contributed by atoms with Crippen molar-refractivity contribution in [3.63, 3.8) is 0 Å². The third-order valence-electron chi connectivity index (χ3n) is 7.10. The number of rotatable bonds is 17. The van der Waals surface area contributed by atoms with Gasteiger partial charge in [-0.15, -0.1) is 0 Å². The Morgan fingerprint density at radius 1 is 0.946 bits per heavy atom. The van der Waals surface area contributed by atoms with Gasteiger partial charge in [-0.1, -0.05) is 69.0 Å². The Kier molecular flexibility index (Phi) is 11.7. The van der Waals surface area contributed by atoms with Crippen LogP contribution in [0.4, 0.5) is 0 Å². The lowest BCUT2D eigenvalue weighted by Crippen LogP contribution is -2.35. The summed E-state index contributed by atoms with van der Waals surface area (Å²) in [7, 11) is -2.98. The van der Waals surface area contributed by atoms with Gasteiger partial charge in [0.1, 0.15) is 5.75 Å². The number of aryl methyl sites for hydroxylation is 2. The largest absolute Gasteiger partial charge is 0.497 e. The van der Waals surface area contributed by atoms with Gasteiger partial charge in [-0.3, -0.25) is 9.32 Å². The van der Waals surface area contributed by atoms with Crippen molar-refractivity contribution in [2.45, 2.75) is 71.3 Å². The molecule has 2 atom stereocenters. The summed E-state index contributed by atoms with van der Waals surface area (Å²) in [6.45, 7) is 2.51. The zero-order chi connectivity index (χ0) is 26.7. The van der Waals surface area contributed by atoms with Crippen LogP contribution in [0, 0.1) is 11.8 Å². The maximum atomic E-state index is 13.3. The Hall–Kier alpha value is -2.18. The molecule has 2 N–H and O–H groups in total. The fourth-order valence-corrected chi connectivity index (χ4v) is 5.07. The van der Waals surface area contributed by atoms with E-state index >= 15 is 0 Å². The second kappa shape index (κ2) is 14.7. The van der Waals surface area contributed by atoms with Gasteiger partial charge < -0.3 is 19.4 Å². The molecule has 7 nitrogen and oxygen atoms in total. The number of hydrogen-bond acceptors (Lipinski definition) is 4. The van der Waals surface area contributed by atoms with Crippen LogP contribution in [0.5, 0.6) is 5.75 Å². The zero-order valence-corrected chi connectivity index (χ0v) is 23.1. The zero-order valence-electron chi connectivity index (χ0n) is 22.2. The van der Waals surface area contributed by atoms with E-state index in [-0.39, 0.29) is 25.0 Å². The van der Waals surface area contributed by atoms with Gasteiger partial charge in [0.05, 0.1) is 13.7 Å². The molecule has 0 heterocycles. The number of nitrogens with zero attached hydrogens (tertiary/aromatic N) is 1. The monoisotopic (exact) mass is 531 g/mol. The second-order valence-corrected chi connectivity index (χ2v) is 11.3. The summed E-state index contributed by atoms with van der Waals surface area (Å²) < 4.78 is 20.9. The molecule has 204 valence electrons. The molecule has 0 aliphatic heterocycles. The Morgan fingerprint density at radius 3 is 2.19 bits per heavy atom. The van der Waals surface area contributed by atoms with Crippen LogP contribution in [0.15, 0.2) is 48.5 Å². The minimum Gasteiger partial charge on any atom is -0.497 e. The predicted molar refractivity (Wildman–Crippen MR) is 145 cm³/mol. The van der Waals surface area contributed by atoms with E-state index in [4.69, 9.17) is 14.5 Å². The molecular formula is C29H42NO6P. The van der Waals surface area contributed by atoms with Crippen molar-refractivity contribution < 1.29 is 28.4 Å². The molecular weight excluding hydrogens is 489 g/mol. The standard InChI is InChI=1S/C29H42NO6P/c1-3-4-5-6-7-8-23-9-11-24(12-10-23)13-16-26-21-28(26)29(31)30(19-20-36-37(32,33)34)22-25-14-17-27(35-2)18-15-25/h9-12,14-15,17-18,26,28H,3-8,13,16,19-22H2,1-2H3,(H2,32,33,34)/t26-,28-/m1/s1. The van der Waals surface area contributed by atoms with Gasteiger partial charge in [-0.2, -0.15) is 0 Å². The lowest BCUT2D eigenvalue weighted by Gasteiger charge is -2.23. The summed E-state index contributed by atoms with van der Waals surface area (Å²) in [5, 5.41) is 0. The highest BCUT2D eigenvalue weighted by Crippen LogP contribution is 2.43. The number of carbonyl (C=O) groups excluding carboxylic acids is 1. The maximum Gasteiger partial charge on any atom is 0.469 e. The summed E-state index contributed by atoms with van der Waals surface area (Å²) in [6.07, 6.45) is 10.4. The van der Waals surface area contributed by atoms with Crippen molar-refractivity contribution in [2.24, 2.45) is 11.8 Å². The number of ether oxygens (including phenoxy) is 1. The van der Waals surface area contributed by atoms with E-state index in [1.165, 1.54) is 43.2 Å². The van der Waals surface area contributed by atoms with Gasteiger partial charge >= 0.3 is 7.82 Å². The molecule has 3 rings (SSSR count). The first-order valence-electron chi connectivity index (χ1n) is 13.5. The molecule has 2 aromatic carbocycles. The van der Waals surface area contributed by atoms with E-state index in [2.05, 4.69) is 35.7 Å². The highest BCUT2D eigenvalue weighted by molar-refractivity contribution is 7.46. The van der Waals surface area contributed by atoms with Crippen LogP contribution in [0.25, 0.3) is 0 Å². The highest BCUT2D eigenvalue weighted by Gasteiger charge is 2.44. The molecule has 1 aliphatic rings. The average Bonchev–Trinajstić information content (AvgIpc) is 3.66. The first kappa shape index (κ1) is 29.4. The Bertz CT molecular complexity index is 1000. The van der Waals surface area contributed by atoms with Crippen LogP contribution in [-0.2, 0) is 33.3 Å². The number of phosphoric ester groups is 1. The lowest BCUT2D eigenvalue weighted by molar-refractivity contribution is -0.134. The maximum absolute atomic E-state index is 13.3. The van der Waals surface area contributed by atoms with Crippen LogP contribution in [-0.4, -0.2) is 40.9 Å². The van der Waals surface area contributed by atoms with E-state index in [1.54, 1.807) is 12.0 Å². The van der Waals surface area contributed by atoms with Crippen molar-refractivity contribution in [3.05, 3.63) is 65.2 Å². The van der Waals surface area contributed by atoms with Crippen LogP contribution in [0.3, 0.4) is 0 Å². The third-order valence-corrected chi connectivity index (χ3v) is 7.62. The summed E-state index contributed by atoms with van der Waals surface area (Å²) in [5.41, 5.74) is 3.62. The Labute approximate surface area is 221 Å². The first-order chi connectivity index (χ1) is 17.8. The molecule has 1 fully saturated rings. The van der Waals surface area contributed by atoms with E-state index in [9.17, 15) is 9.36 Å². The smallest absolute Gasteiger partial charge is 0.469 e. The number of unbranched alkanes of at least 4 members (excludes halogenated alkanes) is 4. The summed E-state index contributed by atoms with van der Waals surface area (Å²) in [5.74, 6) is 1.05. The summed E-state index contributed by atoms with van der Waals surface area (Å²) in [6, 6.07) is 16.4. The Morgan fingerprint density at radius 2 is 1.57 bits per heavy atom. The normalized spacial score (nSPS) is 17.0. The molecule has 0 bridgehead atoms. The number of hydrogen-bond donors (Lipinski definition) is 2. The molecule has 0 aromatic heterocycles. The molecule has 2 aromatic rings. The SMILES string of the molecule is CCCCCCCc1ccc(CC[C@@H]2C[C@H]2C(=O)N(CCOP(=O)(O)O)Cc2ccc(OC)cc2)cc1. The molecule has 8 heteroatoms. The molecule has 37 heavy (non-hydrogen) atoms. The molecule has 0 spiro atoms. The van der Waals surface area contributed by atoms with Crippen LogP contribution < -0.4 is 4.74 Å². The number of benzene rings is 2. The van der Waals surface area contributed by atoms with Gasteiger partial charge in [-0.25, -0.2) is 4.57 Å². The van der Waals surface area contributed by atoms with Gasteiger partial charge in [0.15, 0.2) is 0 Å². The number of carbonyl (C=O) groups is 1. The van der Waals surface area contributed by atoms with Crippen LogP contribution in [0.1, 0.15) is 68.6 Å². The fraction of sp³-hybridized carbons (Fsp3) is 0.552. The first-order valence-corrected chi connectivity index (χ1v) is 15.0. The van der Waals surface area contributed by atoms with E-state index < -0.39 is 7.82 Å². The van der Waals surface area contributed by atoms with Crippen molar-refractivity contribution in [3.8, 4) is 5.75 Å². The molecule has 0 radical (unpaired) electrons. The van der Waals surface area contributed by atoms with E-state index in [1.807, 2.05) is 24.3 Å². The summed E-state index contributed by atoms with van der Waals surface area (Å²) >= 11 is 0. The van der Waals surface area contributed by atoms with Crippen LogP contribution in [0.2, 0.25) is 0 Å². The van der Waals surface area contributed by atoms with Gasteiger partial charge in [0.2, 0.25) is 5.91 Å². The lowest BCUT2D eigenvalue weighted by atomic mass is 10.0. The molecule has 1 saturated carbocycles. The average molecular weight is 532 g/mol. The van der Waals surface area contributed by atoms with Gasteiger partial charge in [0.25, 0.3) is 0 Å².